The van der Waals surface area contributed by atoms with Gasteiger partial charge in [0.25, 0.3) is 5.91 Å². The summed E-state index contributed by atoms with van der Waals surface area (Å²) in [7, 11) is -3.56. The van der Waals surface area contributed by atoms with Gasteiger partial charge in [-0.25, -0.2) is 8.42 Å². The third-order valence-corrected chi connectivity index (χ3v) is 7.58. The van der Waals surface area contributed by atoms with Gasteiger partial charge in [-0.05, 0) is 30.3 Å². The van der Waals surface area contributed by atoms with E-state index >= 15 is 0 Å². The summed E-state index contributed by atoms with van der Waals surface area (Å²) in [6.45, 7) is 1.18. The first-order valence-electron chi connectivity index (χ1n) is 10.3. The Morgan fingerprint density at radius 1 is 0.844 bits per heavy atom. The molecule has 1 fully saturated rings. The van der Waals surface area contributed by atoms with Crippen molar-refractivity contribution < 1.29 is 17.7 Å². The van der Waals surface area contributed by atoms with Gasteiger partial charge < -0.3 is 9.42 Å². The van der Waals surface area contributed by atoms with Gasteiger partial charge in [-0.2, -0.15) is 4.31 Å². The number of piperazine rings is 1. The van der Waals surface area contributed by atoms with Gasteiger partial charge in [0.2, 0.25) is 10.0 Å². The van der Waals surface area contributed by atoms with Crippen LogP contribution in [0.25, 0.3) is 22.2 Å². The molecule has 1 aliphatic rings. The number of amides is 1. The Hall–Kier alpha value is -3.49. The van der Waals surface area contributed by atoms with Crippen molar-refractivity contribution in [3.8, 4) is 11.3 Å². The number of fused-ring (bicyclic) bond motifs is 1. The average molecular weight is 448 g/mol. The summed E-state index contributed by atoms with van der Waals surface area (Å²) in [4.78, 5) is 15.1. The van der Waals surface area contributed by atoms with E-state index in [9.17, 15) is 13.2 Å². The maximum Gasteiger partial charge on any atom is 0.253 e. The molecule has 8 heteroatoms. The number of hydrogen-bond donors (Lipinski definition) is 0. The van der Waals surface area contributed by atoms with Gasteiger partial charge in [0, 0.05) is 37.3 Å². The Balaban J connectivity index is 1.34. The first kappa shape index (κ1) is 20.4. The molecule has 5 rings (SSSR count). The predicted molar refractivity (Wildman–Crippen MR) is 121 cm³/mol. The van der Waals surface area contributed by atoms with Crippen LogP contribution in [0.2, 0.25) is 0 Å². The van der Waals surface area contributed by atoms with Crippen molar-refractivity contribution in [2.75, 3.05) is 26.2 Å². The van der Waals surface area contributed by atoms with E-state index in [4.69, 9.17) is 4.52 Å². The van der Waals surface area contributed by atoms with E-state index in [0.29, 0.717) is 29.9 Å². The van der Waals surface area contributed by atoms with Crippen molar-refractivity contribution >= 4 is 26.8 Å². The van der Waals surface area contributed by atoms with Crippen LogP contribution in [0.4, 0.5) is 0 Å². The van der Waals surface area contributed by atoms with Crippen molar-refractivity contribution in [3.63, 3.8) is 0 Å². The van der Waals surface area contributed by atoms with Crippen LogP contribution < -0.4 is 0 Å². The standard InChI is InChI=1S/C24H21N3O4S/c28-24(26-13-15-27(16-14-26)32(29,30)20-9-5-2-6-10-20)19-11-12-22-21(17-19)23(31-25-22)18-7-3-1-4-8-18/h1-12,17H,13-16H2. The summed E-state index contributed by atoms with van der Waals surface area (Å²) >= 11 is 0. The van der Waals surface area contributed by atoms with E-state index in [0.717, 1.165) is 10.9 Å². The number of benzene rings is 3. The number of nitrogens with zero attached hydrogens (tertiary/aromatic N) is 3. The summed E-state index contributed by atoms with van der Waals surface area (Å²) in [6, 6.07) is 23.3. The fourth-order valence-corrected chi connectivity index (χ4v) is 5.37. The van der Waals surface area contributed by atoms with Crippen LogP contribution >= 0.6 is 0 Å². The number of rotatable bonds is 4. The van der Waals surface area contributed by atoms with Crippen LogP contribution in [0.1, 0.15) is 10.4 Å². The summed E-state index contributed by atoms with van der Waals surface area (Å²) < 4.78 is 32.6. The van der Waals surface area contributed by atoms with Gasteiger partial charge in [-0.15, -0.1) is 0 Å². The molecule has 32 heavy (non-hydrogen) atoms. The van der Waals surface area contributed by atoms with Crippen LogP contribution in [-0.4, -0.2) is 54.9 Å². The van der Waals surface area contributed by atoms with E-state index in [1.54, 1.807) is 53.4 Å². The number of sulfonamides is 1. The summed E-state index contributed by atoms with van der Waals surface area (Å²) in [6.07, 6.45) is 0. The lowest BCUT2D eigenvalue weighted by Gasteiger charge is -2.34. The van der Waals surface area contributed by atoms with Crippen LogP contribution in [0, 0.1) is 0 Å². The summed E-state index contributed by atoms with van der Waals surface area (Å²) in [5, 5.41) is 4.87. The van der Waals surface area contributed by atoms with E-state index in [1.165, 1.54) is 4.31 Å². The highest BCUT2D eigenvalue weighted by molar-refractivity contribution is 7.89. The summed E-state index contributed by atoms with van der Waals surface area (Å²) in [5.74, 6) is 0.484. The lowest BCUT2D eigenvalue weighted by atomic mass is 10.1. The molecule has 0 spiro atoms. The van der Waals surface area contributed by atoms with E-state index < -0.39 is 10.0 Å². The molecule has 0 saturated carbocycles. The zero-order valence-corrected chi connectivity index (χ0v) is 18.0. The lowest BCUT2D eigenvalue weighted by Crippen LogP contribution is -2.50. The number of carbonyl (C=O) groups excluding carboxylic acids is 1. The molecule has 0 radical (unpaired) electrons. The van der Waals surface area contributed by atoms with Crippen molar-refractivity contribution in [1.29, 1.82) is 0 Å². The maximum atomic E-state index is 13.1. The minimum absolute atomic E-state index is 0.135. The molecular formula is C24H21N3O4S. The molecule has 4 aromatic rings. The SMILES string of the molecule is O=C(c1ccc2noc(-c3ccccc3)c2c1)N1CCN(S(=O)(=O)c2ccccc2)CC1. The molecule has 1 aliphatic heterocycles. The highest BCUT2D eigenvalue weighted by Crippen LogP contribution is 2.29. The van der Waals surface area contributed by atoms with Crippen LogP contribution in [-0.2, 0) is 10.0 Å². The van der Waals surface area contributed by atoms with Crippen LogP contribution in [0.5, 0.6) is 0 Å². The number of carbonyl (C=O) groups is 1. The first-order valence-corrected chi connectivity index (χ1v) is 11.8. The highest BCUT2D eigenvalue weighted by atomic mass is 32.2. The Morgan fingerprint density at radius 3 is 2.19 bits per heavy atom. The Labute approximate surface area is 185 Å². The molecular weight excluding hydrogens is 426 g/mol. The van der Waals surface area contributed by atoms with Gasteiger partial charge in [0.15, 0.2) is 5.76 Å². The fraction of sp³-hybridized carbons (Fsp3) is 0.167. The molecule has 2 heterocycles. The molecule has 0 N–H and O–H groups in total. The van der Waals surface area contributed by atoms with Crippen molar-refractivity contribution in [2.24, 2.45) is 0 Å². The lowest BCUT2D eigenvalue weighted by molar-refractivity contribution is 0.0698. The minimum atomic E-state index is -3.56. The Kier molecular flexibility index (Phi) is 5.24. The molecule has 1 aromatic heterocycles. The van der Waals surface area contributed by atoms with Crippen molar-refractivity contribution in [2.45, 2.75) is 4.90 Å². The van der Waals surface area contributed by atoms with E-state index in [1.807, 2.05) is 30.3 Å². The average Bonchev–Trinajstić information content (AvgIpc) is 3.28. The Bertz CT molecular complexity index is 1360. The van der Waals surface area contributed by atoms with Crippen LogP contribution in [0.3, 0.4) is 0 Å². The van der Waals surface area contributed by atoms with Crippen molar-refractivity contribution in [3.05, 3.63) is 84.4 Å². The molecule has 0 atom stereocenters. The molecule has 1 saturated heterocycles. The smallest absolute Gasteiger partial charge is 0.253 e. The Morgan fingerprint density at radius 2 is 1.50 bits per heavy atom. The van der Waals surface area contributed by atoms with Gasteiger partial charge in [0.1, 0.15) is 5.52 Å². The predicted octanol–water partition coefficient (Wildman–Crippen LogP) is 3.64. The molecule has 3 aromatic carbocycles. The van der Waals surface area contributed by atoms with Gasteiger partial charge in [0.05, 0.1) is 10.3 Å². The molecule has 162 valence electrons. The van der Waals surface area contributed by atoms with Gasteiger partial charge in [-0.3, -0.25) is 4.79 Å². The third-order valence-electron chi connectivity index (χ3n) is 5.67. The number of hydrogen-bond acceptors (Lipinski definition) is 5. The zero-order valence-electron chi connectivity index (χ0n) is 17.2. The normalized spacial score (nSPS) is 15.2. The molecule has 7 nitrogen and oxygen atoms in total. The zero-order chi connectivity index (χ0) is 22.1. The first-order chi connectivity index (χ1) is 15.5. The maximum absolute atomic E-state index is 13.1. The van der Waals surface area contributed by atoms with Gasteiger partial charge >= 0.3 is 0 Å². The van der Waals surface area contributed by atoms with Crippen molar-refractivity contribution in [1.82, 2.24) is 14.4 Å². The second kappa shape index (κ2) is 8.22. The van der Waals surface area contributed by atoms with E-state index in [2.05, 4.69) is 5.16 Å². The monoisotopic (exact) mass is 447 g/mol. The largest absolute Gasteiger partial charge is 0.355 e. The highest BCUT2D eigenvalue weighted by Gasteiger charge is 2.30. The topological polar surface area (TPSA) is 83.7 Å². The minimum Gasteiger partial charge on any atom is -0.355 e. The fourth-order valence-electron chi connectivity index (χ4n) is 3.93. The molecule has 1 amide bonds. The van der Waals surface area contributed by atoms with Crippen LogP contribution in [0.15, 0.2) is 88.3 Å². The quantitative estimate of drug-likeness (QED) is 0.477. The van der Waals surface area contributed by atoms with E-state index in [-0.39, 0.29) is 23.9 Å². The summed E-state index contributed by atoms with van der Waals surface area (Å²) in [5.41, 5.74) is 2.09. The second-order valence-corrected chi connectivity index (χ2v) is 9.56. The third kappa shape index (κ3) is 3.68. The number of aromatic nitrogens is 1. The molecule has 0 aliphatic carbocycles. The molecule has 0 bridgehead atoms. The van der Waals surface area contributed by atoms with Gasteiger partial charge in [-0.1, -0.05) is 53.7 Å². The molecule has 0 unspecified atom stereocenters. The second-order valence-electron chi connectivity index (χ2n) is 7.62.